The van der Waals surface area contributed by atoms with E-state index in [4.69, 9.17) is 10.5 Å². The van der Waals surface area contributed by atoms with Crippen LogP contribution in [0, 0.1) is 5.82 Å². The number of hydrogen-bond donors (Lipinski definition) is 1. The van der Waals surface area contributed by atoms with Gasteiger partial charge in [0.25, 0.3) is 0 Å². The van der Waals surface area contributed by atoms with E-state index in [1.54, 1.807) is 0 Å². The summed E-state index contributed by atoms with van der Waals surface area (Å²) in [6.45, 7) is 0. The van der Waals surface area contributed by atoms with Crippen molar-refractivity contribution in [2.45, 2.75) is 18.9 Å². The first-order valence-electron chi connectivity index (χ1n) is 4.43. The van der Waals surface area contributed by atoms with E-state index in [1.165, 1.54) is 12.1 Å². The van der Waals surface area contributed by atoms with E-state index in [-0.39, 0.29) is 17.4 Å². The fourth-order valence-corrected chi connectivity index (χ4v) is 1.12. The Kier molecular flexibility index (Phi) is 2.11. The van der Waals surface area contributed by atoms with Crippen LogP contribution in [-0.2, 0) is 0 Å². The van der Waals surface area contributed by atoms with Crippen molar-refractivity contribution < 1.29 is 13.9 Å². The van der Waals surface area contributed by atoms with Gasteiger partial charge in [0, 0.05) is 5.56 Å². The maximum Gasteiger partial charge on any atom is 0.248 e. The molecule has 0 unspecified atom stereocenters. The molecule has 2 N–H and O–H groups in total. The number of halogens is 1. The van der Waals surface area contributed by atoms with E-state index in [1.807, 2.05) is 0 Å². The molecule has 3 nitrogen and oxygen atoms in total. The number of amides is 1. The van der Waals surface area contributed by atoms with Crippen molar-refractivity contribution in [2.75, 3.05) is 0 Å². The second-order valence-corrected chi connectivity index (χ2v) is 3.33. The Hall–Kier alpha value is -1.58. The van der Waals surface area contributed by atoms with Crippen LogP contribution in [0.3, 0.4) is 0 Å². The molecule has 0 spiro atoms. The zero-order valence-electron chi connectivity index (χ0n) is 7.50. The molecular weight excluding hydrogens is 185 g/mol. The Labute approximate surface area is 80.7 Å². The van der Waals surface area contributed by atoms with Crippen LogP contribution < -0.4 is 10.5 Å². The summed E-state index contributed by atoms with van der Waals surface area (Å²) in [5.41, 5.74) is 5.16. The molecule has 0 heterocycles. The summed E-state index contributed by atoms with van der Waals surface area (Å²) in [6, 6.07) is 4.00. The fraction of sp³-hybridized carbons (Fsp3) is 0.300. The molecule has 0 aliphatic heterocycles. The van der Waals surface area contributed by atoms with Crippen molar-refractivity contribution >= 4 is 5.91 Å². The van der Waals surface area contributed by atoms with E-state index in [0.717, 1.165) is 18.9 Å². The smallest absolute Gasteiger partial charge is 0.248 e. The summed E-state index contributed by atoms with van der Waals surface area (Å²) >= 11 is 0. The Bertz CT molecular complexity index is 374. The predicted molar refractivity (Wildman–Crippen MR) is 48.6 cm³/mol. The molecule has 1 fully saturated rings. The van der Waals surface area contributed by atoms with Crippen LogP contribution in [0.1, 0.15) is 23.2 Å². The highest BCUT2D eigenvalue weighted by Crippen LogP contribution is 2.28. The lowest BCUT2D eigenvalue weighted by atomic mass is 10.2. The summed E-state index contributed by atoms with van der Waals surface area (Å²) in [5.74, 6) is -0.979. The standard InChI is InChI=1S/C10H10FNO2/c11-8-5-6(10(12)13)1-4-9(8)14-7-2-3-7/h1,4-5,7H,2-3H2,(H2,12,13). The first kappa shape index (κ1) is 8.99. The molecule has 4 heteroatoms. The van der Waals surface area contributed by atoms with Crippen molar-refractivity contribution in [1.29, 1.82) is 0 Å². The molecule has 2 rings (SSSR count). The first-order chi connectivity index (χ1) is 6.66. The number of benzene rings is 1. The van der Waals surface area contributed by atoms with Gasteiger partial charge >= 0.3 is 0 Å². The van der Waals surface area contributed by atoms with Crippen molar-refractivity contribution in [3.05, 3.63) is 29.6 Å². The van der Waals surface area contributed by atoms with Gasteiger partial charge in [0.05, 0.1) is 6.10 Å². The van der Waals surface area contributed by atoms with Gasteiger partial charge in [-0.15, -0.1) is 0 Å². The third kappa shape index (κ3) is 1.84. The summed E-state index contributed by atoms with van der Waals surface area (Å²) in [4.78, 5) is 10.7. The molecule has 1 saturated carbocycles. The normalized spacial score (nSPS) is 15.2. The largest absolute Gasteiger partial charge is 0.487 e. The van der Waals surface area contributed by atoms with Crippen LogP contribution in [0.25, 0.3) is 0 Å². The number of hydrogen-bond acceptors (Lipinski definition) is 2. The number of carbonyl (C=O) groups excluding carboxylic acids is 1. The van der Waals surface area contributed by atoms with Crippen molar-refractivity contribution in [3.8, 4) is 5.75 Å². The van der Waals surface area contributed by atoms with Gasteiger partial charge in [-0.25, -0.2) is 4.39 Å². The van der Waals surface area contributed by atoms with E-state index < -0.39 is 11.7 Å². The number of primary amides is 1. The number of rotatable bonds is 3. The zero-order chi connectivity index (χ0) is 10.1. The summed E-state index contributed by atoms with van der Waals surface area (Å²) in [5, 5.41) is 0. The Morgan fingerprint density at radius 1 is 1.50 bits per heavy atom. The lowest BCUT2D eigenvalue weighted by Gasteiger charge is -2.05. The van der Waals surface area contributed by atoms with Gasteiger partial charge in [-0.3, -0.25) is 4.79 Å². The topological polar surface area (TPSA) is 52.3 Å². The van der Waals surface area contributed by atoms with Crippen molar-refractivity contribution in [3.63, 3.8) is 0 Å². The third-order valence-electron chi connectivity index (χ3n) is 2.03. The predicted octanol–water partition coefficient (Wildman–Crippen LogP) is 1.47. The minimum Gasteiger partial charge on any atom is -0.487 e. The van der Waals surface area contributed by atoms with Crippen LogP contribution in [0.15, 0.2) is 18.2 Å². The summed E-state index contributed by atoms with van der Waals surface area (Å²) < 4.78 is 18.5. The Morgan fingerprint density at radius 2 is 2.21 bits per heavy atom. The average Bonchev–Trinajstić information content (AvgIpc) is 2.92. The SMILES string of the molecule is NC(=O)c1ccc(OC2CC2)c(F)c1. The number of ether oxygens (including phenoxy) is 1. The van der Waals surface area contributed by atoms with Gasteiger partial charge in [0.15, 0.2) is 11.6 Å². The molecule has 1 aromatic rings. The van der Waals surface area contributed by atoms with Gasteiger partial charge < -0.3 is 10.5 Å². The van der Waals surface area contributed by atoms with Gasteiger partial charge in [-0.2, -0.15) is 0 Å². The number of carbonyl (C=O) groups is 1. The second kappa shape index (κ2) is 3.29. The third-order valence-corrected chi connectivity index (χ3v) is 2.03. The molecule has 0 bridgehead atoms. The fourth-order valence-electron chi connectivity index (χ4n) is 1.12. The van der Waals surface area contributed by atoms with Gasteiger partial charge in [0.1, 0.15) is 0 Å². The van der Waals surface area contributed by atoms with Crippen molar-refractivity contribution in [1.82, 2.24) is 0 Å². The summed E-state index contributed by atoms with van der Waals surface area (Å²) in [7, 11) is 0. The molecule has 0 atom stereocenters. The van der Waals surface area contributed by atoms with Crippen LogP contribution in [0.4, 0.5) is 4.39 Å². The zero-order valence-corrected chi connectivity index (χ0v) is 7.50. The lowest BCUT2D eigenvalue weighted by molar-refractivity contribution is 0.1000. The highest BCUT2D eigenvalue weighted by molar-refractivity contribution is 5.92. The van der Waals surface area contributed by atoms with E-state index in [9.17, 15) is 9.18 Å². The molecule has 1 amide bonds. The quantitative estimate of drug-likeness (QED) is 0.793. The average molecular weight is 195 g/mol. The Balaban J connectivity index is 2.21. The van der Waals surface area contributed by atoms with Gasteiger partial charge in [0.2, 0.25) is 5.91 Å². The molecule has 0 saturated heterocycles. The molecule has 74 valence electrons. The molecule has 1 aliphatic rings. The highest BCUT2D eigenvalue weighted by Gasteiger charge is 2.24. The van der Waals surface area contributed by atoms with Crippen molar-refractivity contribution in [2.24, 2.45) is 5.73 Å². The van der Waals surface area contributed by atoms with Gasteiger partial charge in [-0.1, -0.05) is 0 Å². The molecule has 0 radical (unpaired) electrons. The molecule has 14 heavy (non-hydrogen) atoms. The molecular formula is C10H10FNO2. The van der Waals surface area contributed by atoms with Crippen LogP contribution >= 0.6 is 0 Å². The van der Waals surface area contributed by atoms with E-state index in [0.29, 0.717) is 0 Å². The molecule has 1 aromatic carbocycles. The first-order valence-corrected chi connectivity index (χ1v) is 4.43. The molecule has 0 aromatic heterocycles. The highest BCUT2D eigenvalue weighted by atomic mass is 19.1. The minimum atomic E-state index is -0.637. The molecule has 1 aliphatic carbocycles. The van der Waals surface area contributed by atoms with Gasteiger partial charge in [-0.05, 0) is 31.0 Å². The Morgan fingerprint density at radius 3 is 2.71 bits per heavy atom. The minimum absolute atomic E-state index is 0.143. The van der Waals surface area contributed by atoms with E-state index in [2.05, 4.69) is 0 Å². The number of nitrogens with two attached hydrogens (primary N) is 1. The van der Waals surface area contributed by atoms with Crippen LogP contribution in [-0.4, -0.2) is 12.0 Å². The second-order valence-electron chi connectivity index (χ2n) is 3.33. The van der Waals surface area contributed by atoms with Crippen LogP contribution in [0.2, 0.25) is 0 Å². The maximum absolute atomic E-state index is 13.3. The van der Waals surface area contributed by atoms with Crippen LogP contribution in [0.5, 0.6) is 5.75 Å². The summed E-state index contributed by atoms with van der Waals surface area (Å²) in [6.07, 6.45) is 2.08. The maximum atomic E-state index is 13.3. The lowest BCUT2D eigenvalue weighted by Crippen LogP contribution is -2.11. The van der Waals surface area contributed by atoms with E-state index >= 15 is 0 Å². The monoisotopic (exact) mass is 195 g/mol.